The zero-order valence-corrected chi connectivity index (χ0v) is 51.5. The van der Waals surface area contributed by atoms with E-state index in [1.165, 1.54) is 6.92 Å². The summed E-state index contributed by atoms with van der Waals surface area (Å²) in [5.41, 5.74) is 22.3. The molecule has 25 nitrogen and oxygen atoms in total. The molecule has 0 radical (unpaired) electrons. The van der Waals surface area contributed by atoms with E-state index in [-0.39, 0.29) is 49.3 Å². The molecule has 7 amide bonds. The second kappa shape index (κ2) is 37.7. The fourth-order valence-electron chi connectivity index (χ4n) is 7.46. The van der Waals surface area contributed by atoms with Crippen LogP contribution in [0.15, 0.2) is 116 Å². The summed E-state index contributed by atoms with van der Waals surface area (Å²) < 4.78 is 29.1. The highest BCUT2D eigenvalue weighted by atomic mass is 16.8. The minimum absolute atomic E-state index is 0.0838. The number of ether oxygens (including phenoxy) is 6. The maximum absolute atomic E-state index is 12.1. The molecule has 1 saturated heterocycles. The van der Waals surface area contributed by atoms with Crippen molar-refractivity contribution in [3.8, 4) is 0 Å². The predicted molar refractivity (Wildman–Crippen MR) is 320 cm³/mol. The van der Waals surface area contributed by atoms with Gasteiger partial charge in [0.05, 0.1) is 12.0 Å². The highest BCUT2D eigenvalue weighted by Crippen LogP contribution is 2.36. The molecular formula is C61H91N7O18. The van der Waals surface area contributed by atoms with E-state index in [1.54, 1.807) is 92.7 Å². The number of amides is 7. The Morgan fingerprint density at radius 3 is 1.70 bits per heavy atom. The topological polar surface area (TPSA) is 401 Å². The van der Waals surface area contributed by atoms with Crippen LogP contribution in [0.5, 0.6) is 0 Å². The molecule has 0 aromatic heterocycles. The van der Waals surface area contributed by atoms with Crippen LogP contribution in [0.3, 0.4) is 0 Å². The van der Waals surface area contributed by atoms with Gasteiger partial charge in [0.2, 0.25) is 23.6 Å². The smallest absolute Gasteiger partial charge is 0.457 e. The van der Waals surface area contributed by atoms with Gasteiger partial charge >= 0.3 is 30.5 Å². The van der Waals surface area contributed by atoms with Gasteiger partial charge in [0.15, 0.2) is 5.60 Å². The van der Waals surface area contributed by atoms with Crippen LogP contribution >= 0.6 is 0 Å². The number of hydrogen-bond acceptors (Lipinski definition) is 18. The molecular weight excluding hydrogens is 1120 g/mol. The van der Waals surface area contributed by atoms with Crippen LogP contribution < -0.4 is 34.0 Å². The molecule has 0 spiro atoms. The average Bonchev–Trinajstić information content (AvgIpc) is 1.97. The Kier molecular flexibility index (Phi) is 33.9. The van der Waals surface area contributed by atoms with Gasteiger partial charge in [-0.3, -0.25) is 28.8 Å². The van der Waals surface area contributed by atoms with Gasteiger partial charge in [-0.05, 0) is 157 Å². The predicted octanol–water partition coefficient (Wildman–Crippen LogP) is 7.58. The highest BCUT2D eigenvalue weighted by Gasteiger charge is 2.49. The number of hydrogen-bond donors (Lipinski definition) is 7. The number of allylic oxidation sites excluding steroid dienone is 7. The first-order valence-corrected chi connectivity index (χ1v) is 27.6. The van der Waals surface area contributed by atoms with Crippen molar-refractivity contribution < 1.29 is 86.3 Å². The standard InChI is InChI=1S/C15H16N2O4.C12H22N2O4.C10H18O5.C9H13NO3.C7H9NO.C5H8.C3H5NO/c16-13(18)15-8-6-12(7-9-15)17(21-15)14(19)20-10-11-4-2-1-3-5-11;1-11(2,3)18-10(16)14-8-4-6-12(17,7-5-8)9(13)15;1-9(2,3)14-7(11)13-8(12)15-10(4,5)6;1-6(11)13-8-5-3-2-4-7(8)9(10)12;8-7(9)6-4-2-1-3-5-6;1-3-5-4-2;1-2-3(4)5/h1-6,8,12H,7,9-10H2,(H2,16,18);8,17H,4-7H2,1-3H3,(H2,13,15)(H,14,16);1-6H3;3,5,7-8H,2,4H2,1H3,(H2,10,12);1-2,4H,3,5H2,(H2,8,9);3-5H,1H2,2H3;2H,1H2,(H2,4,5)/b;;;;;5-4+;. The van der Waals surface area contributed by atoms with Gasteiger partial charge in [-0.1, -0.05) is 92.1 Å². The summed E-state index contributed by atoms with van der Waals surface area (Å²) in [6, 6.07) is 9.05. The van der Waals surface area contributed by atoms with Gasteiger partial charge in [0, 0.05) is 18.5 Å². The van der Waals surface area contributed by atoms with Crippen molar-refractivity contribution in [3.63, 3.8) is 0 Å². The molecule has 1 saturated carbocycles. The van der Waals surface area contributed by atoms with Gasteiger partial charge < -0.3 is 67.5 Å². The fraction of sp³-hybridized carbons (Fsp3) is 0.508. The fourth-order valence-corrected chi connectivity index (χ4v) is 7.46. The number of fused-ring (bicyclic) bond motifs is 2. The quantitative estimate of drug-likeness (QED) is 0.0296. The second-order valence-corrected chi connectivity index (χ2v) is 22.5. The SMILES string of the molecule is C=C/C=C/C.C=CC(N)=O.CC(=O)OC1C=CCCC1C(N)=O.CC(C)(C)OC(=O)NC1CCC(O)(C(N)=O)CC1.CC(C)(C)OC(=O)OC(=O)OC(C)(C)C.NC(=O)C12C=CC(CC1)N(C(=O)OCc1ccccc1)O2.NC(=O)C1=CC=CCC1. The molecule has 4 aliphatic carbocycles. The van der Waals surface area contributed by atoms with Crippen LogP contribution in [0.2, 0.25) is 0 Å². The number of nitrogens with two attached hydrogens (primary N) is 5. The van der Waals surface area contributed by atoms with E-state index in [0.717, 1.165) is 41.5 Å². The van der Waals surface area contributed by atoms with Crippen molar-refractivity contribution in [1.29, 1.82) is 0 Å². The van der Waals surface area contributed by atoms with Crippen molar-refractivity contribution in [2.75, 3.05) is 0 Å². The van der Waals surface area contributed by atoms with Crippen molar-refractivity contribution in [2.24, 2.45) is 34.6 Å². The molecule has 7 rings (SSSR count). The summed E-state index contributed by atoms with van der Waals surface area (Å²) in [5.74, 6) is -3.23. The monoisotopic (exact) mass is 1210 g/mol. The minimum Gasteiger partial charge on any atom is -0.457 e. The molecule has 4 unspecified atom stereocenters. The molecule has 12 N–H and O–H groups in total. The molecule has 2 heterocycles. The summed E-state index contributed by atoms with van der Waals surface area (Å²) in [4.78, 5) is 115. The van der Waals surface area contributed by atoms with Crippen LogP contribution in [0, 0.1) is 5.92 Å². The number of nitrogens with one attached hydrogen (secondary N) is 1. The molecule has 1 aromatic rings. The minimum atomic E-state index is -1.42. The molecule has 478 valence electrons. The molecule has 2 aliphatic heterocycles. The van der Waals surface area contributed by atoms with E-state index in [2.05, 4.69) is 28.9 Å². The zero-order chi connectivity index (χ0) is 66.1. The summed E-state index contributed by atoms with van der Waals surface area (Å²) >= 11 is 0. The Morgan fingerprint density at radius 2 is 1.31 bits per heavy atom. The van der Waals surface area contributed by atoms with E-state index < -0.39 is 82.2 Å². The molecule has 1 aromatic carbocycles. The maximum Gasteiger partial charge on any atom is 0.519 e. The third kappa shape index (κ3) is 33.6. The van der Waals surface area contributed by atoms with E-state index in [4.69, 9.17) is 51.5 Å². The Morgan fingerprint density at radius 1 is 0.756 bits per heavy atom. The zero-order valence-electron chi connectivity index (χ0n) is 51.5. The van der Waals surface area contributed by atoms with Crippen LogP contribution in [-0.2, 0) is 68.6 Å². The Bertz CT molecular complexity index is 2580. The molecule has 2 fully saturated rings. The third-order valence-electron chi connectivity index (χ3n) is 11.6. The van der Waals surface area contributed by atoms with Gasteiger partial charge in [0.1, 0.15) is 35.1 Å². The van der Waals surface area contributed by atoms with Crippen LogP contribution in [0.25, 0.3) is 0 Å². The molecule has 6 aliphatic rings. The Labute approximate surface area is 504 Å². The third-order valence-corrected chi connectivity index (χ3v) is 11.6. The van der Waals surface area contributed by atoms with E-state index in [1.807, 2.05) is 67.6 Å². The lowest BCUT2D eigenvalue weighted by atomic mass is 9.82. The molecule has 4 atom stereocenters. The molecule has 86 heavy (non-hydrogen) atoms. The lowest BCUT2D eigenvalue weighted by Gasteiger charge is -2.45. The van der Waals surface area contributed by atoms with Crippen LogP contribution in [0.1, 0.15) is 146 Å². The van der Waals surface area contributed by atoms with Gasteiger partial charge in [-0.25, -0.2) is 24.0 Å². The Balaban J connectivity index is 0.00000103. The molecule has 25 heteroatoms. The van der Waals surface area contributed by atoms with Crippen LogP contribution in [0.4, 0.5) is 19.2 Å². The number of rotatable bonds is 10. The first kappa shape index (κ1) is 77.4. The van der Waals surface area contributed by atoms with Crippen molar-refractivity contribution >= 4 is 60.0 Å². The summed E-state index contributed by atoms with van der Waals surface area (Å²) in [7, 11) is 0. The van der Waals surface area contributed by atoms with Crippen molar-refractivity contribution in [1.82, 2.24) is 10.4 Å². The number of esters is 1. The average molecular weight is 1210 g/mol. The summed E-state index contributed by atoms with van der Waals surface area (Å²) in [6.07, 6.45) is 21.5. The number of hydroxylamine groups is 2. The van der Waals surface area contributed by atoms with E-state index >= 15 is 0 Å². The second-order valence-electron chi connectivity index (χ2n) is 22.5. The number of benzene rings is 1. The maximum atomic E-state index is 12.1. The van der Waals surface area contributed by atoms with E-state index in [9.17, 15) is 53.1 Å². The van der Waals surface area contributed by atoms with E-state index in [0.29, 0.717) is 32.1 Å². The van der Waals surface area contributed by atoms with Crippen molar-refractivity contribution in [2.45, 2.75) is 193 Å². The molecule has 2 bridgehead atoms. The highest BCUT2D eigenvalue weighted by molar-refractivity contribution is 5.92. The number of alkyl carbamates (subject to hydrolysis) is 1. The lowest BCUT2D eigenvalue weighted by Crippen LogP contribution is -2.60. The number of carbonyl (C=O) groups is 10. The lowest BCUT2D eigenvalue weighted by molar-refractivity contribution is -0.247. The van der Waals surface area contributed by atoms with Gasteiger partial charge in [-0.2, -0.15) is 5.06 Å². The number of aliphatic hydroxyl groups is 1. The van der Waals surface area contributed by atoms with Gasteiger partial charge in [0.25, 0.3) is 5.91 Å². The van der Waals surface area contributed by atoms with Crippen molar-refractivity contribution in [3.05, 3.63) is 121 Å². The summed E-state index contributed by atoms with van der Waals surface area (Å²) in [5, 5.41) is 13.7. The first-order valence-electron chi connectivity index (χ1n) is 27.6. The van der Waals surface area contributed by atoms with Gasteiger partial charge in [-0.15, -0.1) is 0 Å². The summed E-state index contributed by atoms with van der Waals surface area (Å²) in [6.45, 7) is 25.4. The normalized spacial score (nSPS) is 21.3. The first-order chi connectivity index (χ1) is 39.8. The number of nitrogens with zero attached hydrogens (tertiary/aromatic N) is 1. The number of carbonyl (C=O) groups excluding carboxylic acids is 10. The largest absolute Gasteiger partial charge is 0.519 e. The van der Waals surface area contributed by atoms with Crippen LogP contribution in [-0.4, -0.2) is 116 Å². The number of primary amides is 5. The Hall–Kier alpha value is -8.58.